The molecule has 0 aromatic carbocycles. The summed E-state index contributed by atoms with van der Waals surface area (Å²) in [5.41, 5.74) is 0. The van der Waals surface area contributed by atoms with Gasteiger partial charge >= 0.3 is 0 Å². The molecular weight excluding hydrogens is 254 g/mol. The predicted molar refractivity (Wildman–Crippen MR) is 78.2 cm³/mol. The van der Waals surface area contributed by atoms with Crippen molar-refractivity contribution in [1.29, 1.82) is 0 Å². The van der Waals surface area contributed by atoms with Gasteiger partial charge in [-0.2, -0.15) is 0 Å². The minimum Gasteiger partial charge on any atom is -0.343 e. The van der Waals surface area contributed by atoms with Gasteiger partial charge in [-0.05, 0) is 36.6 Å². The third kappa shape index (κ3) is 5.67. The Labute approximate surface area is 121 Å². The highest BCUT2D eigenvalue weighted by Crippen LogP contribution is 2.05. The van der Waals surface area contributed by atoms with Crippen molar-refractivity contribution in [2.75, 3.05) is 13.1 Å². The van der Waals surface area contributed by atoms with E-state index >= 15 is 0 Å². The third-order valence-corrected chi connectivity index (χ3v) is 3.39. The van der Waals surface area contributed by atoms with Crippen LogP contribution in [0.25, 0.3) is 0 Å². The maximum atomic E-state index is 12.2. The summed E-state index contributed by atoms with van der Waals surface area (Å²) in [6.45, 7) is 8.67. The zero-order valence-corrected chi connectivity index (χ0v) is 13.0. The van der Waals surface area contributed by atoms with E-state index in [1.165, 1.54) is 0 Å². The fraction of sp³-hybridized carbons (Fsp3) is 0.857. The summed E-state index contributed by atoms with van der Waals surface area (Å²) in [5.74, 6) is 1.06. The van der Waals surface area contributed by atoms with Crippen LogP contribution in [-0.4, -0.2) is 44.1 Å². The number of hydrogen-bond acceptors (Lipinski definition) is 4. The number of rotatable bonds is 10. The number of tetrazole rings is 1. The van der Waals surface area contributed by atoms with Gasteiger partial charge in [0.2, 0.25) is 5.91 Å². The van der Waals surface area contributed by atoms with E-state index in [4.69, 9.17) is 0 Å². The normalized spacial score (nSPS) is 10.8. The summed E-state index contributed by atoms with van der Waals surface area (Å²) in [4.78, 5) is 14.2. The fourth-order valence-electron chi connectivity index (χ4n) is 2.05. The molecule has 6 heteroatoms. The Bertz CT molecular complexity index is 383. The molecule has 1 aromatic heterocycles. The van der Waals surface area contributed by atoms with Crippen LogP contribution < -0.4 is 0 Å². The van der Waals surface area contributed by atoms with Gasteiger partial charge in [0.25, 0.3) is 0 Å². The van der Waals surface area contributed by atoms with E-state index in [2.05, 4.69) is 29.4 Å². The predicted octanol–water partition coefficient (Wildman–Crippen LogP) is 2.19. The Hall–Kier alpha value is -1.46. The Morgan fingerprint density at radius 3 is 2.30 bits per heavy atom. The molecule has 0 atom stereocenters. The summed E-state index contributed by atoms with van der Waals surface area (Å²) in [5, 5.41) is 11.3. The Balaban J connectivity index is 2.34. The van der Waals surface area contributed by atoms with E-state index in [1.807, 2.05) is 11.8 Å². The second kappa shape index (κ2) is 9.44. The van der Waals surface area contributed by atoms with Crippen molar-refractivity contribution in [3.8, 4) is 0 Å². The SMILES string of the molecule is CCCCN(CCCC)C(=O)CCCn1nnnc1C. The minimum absolute atomic E-state index is 0.262. The summed E-state index contributed by atoms with van der Waals surface area (Å²) in [6.07, 6.45) is 5.79. The lowest BCUT2D eigenvalue weighted by Gasteiger charge is -2.22. The van der Waals surface area contributed by atoms with Gasteiger partial charge in [-0.25, -0.2) is 4.68 Å². The molecule has 6 nitrogen and oxygen atoms in total. The van der Waals surface area contributed by atoms with Crippen molar-refractivity contribution in [2.45, 2.75) is 65.8 Å². The molecule has 20 heavy (non-hydrogen) atoms. The van der Waals surface area contributed by atoms with Crippen LogP contribution in [0.2, 0.25) is 0 Å². The molecule has 1 aromatic rings. The van der Waals surface area contributed by atoms with E-state index < -0.39 is 0 Å². The molecule has 114 valence electrons. The number of aromatic nitrogens is 4. The standard InChI is InChI=1S/C14H27N5O/c1-4-6-10-18(11-7-5-2)14(20)9-8-12-19-13(3)15-16-17-19/h4-12H2,1-3H3. The lowest BCUT2D eigenvalue weighted by molar-refractivity contribution is -0.131. The van der Waals surface area contributed by atoms with Gasteiger partial charge in [0, 0.05) is 26.1 Å². The first-order chi connectivity index (χ1) is 9.69. The molecular formula is C14H27N5O. The van der Waals surface area contributed by atoms with E-state index in [-0.39, 0.29) is 5.91 Å². The molecule has 0 saturated carbocycles. The second-order valence-electron chi connectivity index (χ2n) is 5.14. The molecule has 0 aliphatic rings. The van der Waals surface area contributed by atoms with Crippen LogP contribution in [0.4, 0.5) is 0 Å². The van der Waals surface area contributed by atoms with Gasteiger partial charge in [0.1, 0.15) is 5.82 Å². The fourth-order valence-corrected chi connectivity index (χ4v) is 2.05. The van der Waals surface area contributed by atoms with Crippen LogP contribution in [0.3, 0.4) is 0 Å². The lowest BCUT2D eigenvalue weighted by Crippen LogP contribution is -2.32. The average Bonchev–Trinajstić information content (AvgIpc) is 2.84. The minimum atomic E-state index is 0.262. The van der Waals surface area contributed by atoms with Crippen LogP contribution in [0.1, 0.15) is 58.2 Å². The molecule has 0 unspecified atom stereocenters. The van der Waals surface area contributed by atoms with Crippen LogP contribution in [-0.2, 0) is 11.3 Å². The van der Waals surface area contributed by atoms with Gasteiger partial charge < -0.3 is 4.90 Å². The Morgan fingerprint density at radius 1 is 1.15 bits per heavy atom. The van der Waals surface area contributed by atoms with Crippen LogP contribution in [0.15, 0.2) is 0 Å². The van der Waals surface area contributed by atoms with Gasteiger partial charge in [0.15, 0.2) is 0 Å². The Morgan fingerprint density at radius 2 is 1.80 bits per heavy atom. The number of amides is 1. The monoisotopic (exact) mass is 281 g/mol. The van der Waals surface area contributed by atoms with Gasteiger partial charge in [-0.3, -0.25) is 4.79 Å². The maximum Gasteiger partial charge on any atom is 0.222 e. The molecule has 1 amide bonds. The van der Waals surface area contributed by atoms with E-state index in [9.17, 15) is 4.79 Å². The summed E-state index contributed by atoms with van der Waals surface area (Å²) in [6, 6.07) is 0. The zero-order chi connectivity index (χ0) is 14.8. The quantitative estimate of drug-likeness (QED) is 0.659. The second-order valence-corrected chi connectivity index (χ2v) is 5.14. The number of unbranched alkanes of at least 4 members (excludes halogenated alkanes) is 2. The van der Waals surface area contributed by atoms with Crippen LogP contribution in [0.5, 0.6) is 0 Å². The molecule has 1 rings (SSSR count). The number of hydrogen-bond donors (Lipinski definition) is 0. The molecule has 0 N–H and O–H groups in total. The molecule has 0 radical (unpaired) electrons. The molecule has 1 heterocycles. The summed E-state index contributed by atoms with van der Waals surface area (Å²) < 4.78 is 1.75. The first-order valence-corrected chi connectivity index (χ1v) is 7.69. The third-order valence-electron chi connectivity index (χ3n) is 3.39. The smallest absolute Gasteiger partial charge is 0.222 e. The molecule has 0 saturated heterocycles. The zero-order valence-electron chi connectivity index (χ0n) is 13.0. The summed E-state index contributed by atoms with van der Waals surface area (Å²) in [7, 11) is 0. The van der Waals surface area contributed by atoms with Crippen molar-refractivity contribution in [3.63, 3.8) is 0 Å². The number of carbonyl (C=O) groups is 1. The largest absolute Gasteiger partial charge is 0.343 e. The molecule has 0 aliphatic heterocycles. The average molecular weight is 281 g/mol. The maximum absolute atomic E-state index is 12.2. The first-order valence-electron chi connectivity index (χ1n) is 7.69. The molecule has 0 fully saturated rings. The molecule has 0 aliphatic carbocycles. The highest BCUT2D eigenvalue weighted by atomic mass is 16.2. The van der Waals surface area contributed by atoms with Crippen molar-refractivity contribution in [2.24, 2.45) is 0 Å². The number of carbonyl (C=O) groups excluding carboxylic acids is 1. The highest BCUT2D eigenvalue weighted by molar-refractivity contribution is 5.76. The van der Waals surface area contributed by atoms with Crippen LogP contribution in [0, 0.1) is 6.92 Å². The first kappa shape index (κ1) is 16.6. The van der Waals surface area contributed by atoms with Crippen LogP contribution >= 0.6 is 0 Å². The van der Waals surface area contributed by atoms with E-state index in [0.29, 0.717) is 13.0 Å². The topological polar surface area (TPSA) is 63.9 Å². The van der Waals surface area contributed by atoms with E-state index in [1.54, 1.807) is 4.68 Å². The van der Waals surface area contributed by atoms with Crippen molar-refractivity contribution in [3.05, 3.63) is 5.82 Å². The van der Waals surface area contributed by atoms with Crippen molar-refractivity contribution in [1.82, 2.24) is 25.1 Å². The molecule has 0 bridgehead atoms. The summed E-state index contributed by atoms with van der Waals surface area (Å²) >= 11 is 0. The van der Waals surface area contributed by atoms with Gasteiger partial charge in [0.05, 0.1) is 0 Å². The van der Waals surface area contributed by atoms with Crippen molar-refractivity contribution >= 4 is 5.91 Å². The molecule has 0 spiro atoms. The lowest BCUT2D eigenvalue weighted by atomic mass is 10.2. The number of aryl methyl sites for hydroxylation is 2. The van der Waals surface area contributed by atoms with Crippen molar-refractivity contribution < 1.29 is 4.79 Å². The Kier molecular flexibility index (Phi) is 7.84. The van der Waals surface area contributed by atoms with Gasteiger partial charge in [-0.15, -0.1) is 5.10 Å². The van der Waals surface area contributed by atoms with Gasteiger partial charge in [-0.1, -0.05) is 26.7 Å². The number of nitrogens with zero attached hydrogens (tertiary/aromatic N) is 5. The van der Waals surface area contributed by atoms with E-state index in [0.717, 1.165) is 51.0 Å². The highest BCUT2D eigenvalue weighted by Gasteiger charge is 2.12.